The van der Waals surface area contributed by atoms with E-state index in [1.54, 1.807) is 0 Å². The number of nitrogens with one attached hydrogen (secondary N) is 1. The van der Waals surface area contributed by atoms with Crippen LogP contribution in [0.15, 0.2) is 36.4 Å². The van der Waals surface area contributed by atoms with E-state index < -0.39 is 75.0 Å². The van der Waals surface area contributed by atoms with Crippen molar-refractivity contribution in [2.45, 2.75) is 17.8 Å². The summed E-state index contributed by atoms with van der Waals surface area (Å²) >= 11 is 0. The quantitative estimate of drug-likeness (QED) is 0.398. The lowest BCUT2D eigenvalue weighted by Crippen LogP contribution is -2.55. The summed E-state index contributed by atoms with van der Waals surface area (Å²) in [7, 11) is 1.00. The number of hydrogen-bond acceptors (Lipinski definition) is 5. The Morgan fingerprint density at radius 2 is 1.33 bits per heavy atom. The average molecular weight is 475 g/mol. The molecule has 1 aliphatic rings. The fraction of sp³-hybridized carbons (Fsp3) is 0.200. The Kier molecular flexibility index (Phi) is 5.47. The highest BCUT2D eigenvalue weighted by Crippen LogP contribution is 2.56. The second-order valence-electron chi connectivity index (χ2n) is 6.83. The first-order valence-electron chi connectivity index (χ1n) is 8.81. The van der Waals surface area contributed by atoms with Gasteiger partial charge in [-0.05, 0) is 35.4 Å². The second-order valence-corrected chi connectivity index (χ2v) is 6.83. The van der Waals surface area contributed by atoms with Crippen molar-refractivity contribution in [3.63, 3.8) is 0 Å². The Morgan fingerprint density at radius 1 is 0.818 bits per heavy atom. The van der Waals surface area contributed by atoms with Crippen LogP contribution in [0.1, 0.15) is 52.6 Å². The summed E-state index contributed by atoms with van der Waals surface area (Å²) in [6, 6.07) is 2.11. The summed E-state index contributed by atoms with van der Waals surface area (Å²) in [5.41, 5.74) is -10.9. The molecule has 0 fully saturated rings. The minimum absolute atomic E-state index is 0.181. The first-order chi connectivity index (χ1) is 15.2. The van der Waals surface area contributed by atoms with E-state index in [1.165, 1.54) is 0 Å². The molecule has 2 aromatic carbocycles. The molecular formula is C20H11F6NO6. The fourth-order valence-electron chi connectivity index (χ4n) is 3.59. The summed E-state index contributed by atoms with van der Waals surface area (Å²) in [5, 5.41) is 11.1. The number of aromatic carboxylic acids is 1. The van der Waals surface area contributed by atoms with Gasteiger partial charge in [-0.3, -0.25) is 4.79 Å². The average Bonchev–Trinajstić information content (AvgIpc) is 2.98. The standard InChI is InChI=1S/C20H11F6NO6/c1-27-14(28)12-6-8(2-4-10(12)15(29)30)18(19(21,22)23,20(24,25)26)9-3-5-11-13(7-9)17(32)33-16(11)31/h2-7H,1H3,(H,27,28)(H,29,30). The lowest BCUT2D eigenvalue weighted by atomic mass is 9.71. The zero-order chi connectivity index (χ0) is 24.9. The number of carboxylic acid groups (broad SMARTS) is 1. The summed E-state index contributed by atoms with van der Waals surface area (Å²) in [4.78, 5) is 46.7. The summed E-state index contributed by atoms with van der Waals surface area (Å²) < 4.78 is 90.2. The molecule has 0 unspecified atom stereocenters. The van der Waals surface area contributed by atoms with Gasteiger partial charge >= 0.3 is 30.3 Å². The van der Waals surface area contributed by atoms with Crippen molar-refractivity contribution in [2.75, 3.05) is 7.05 Å². The monoisotopic (exact) mass is 475 g/mol. The van der Waals surface area contributed by atoms with Gasteiger partial charge in [0.05, 0.1) is 22.3 Å². The number of fused-ring (bicyclic) bond motifs is 1. The van der Waals surface area contributed by atoms with Crippen LogP contribution in [0.4, 0.5) is 26.3 Å². The maximum Gasteiger partial charge on any atom is 0.411 e. The Balaban J connectivity index is 2.44. The topological polar surface area (TPSA) is 110 Å². The molecule has 2 aromatic rings. The van der Waals surface area contributed by atoms with Crippen molar-refractivity contribution in [3.05, 3.63) is 69.8 Å². The third kappa shape index (κ3) is 3.49. The third-order valence-electron chi connectivity index (χ3n) is 5.08. The van der Waals surface area contributed by atoms with Crippen molar-refractivity contribution >= 4 is 23.8 Å². The van der Waals surface area contributed by atoms with E-state index in [2.05, 4.69) is 4.74 Å². The van der Waals surface area contributed by atoms with Crippen LogP contribution < -0.4 is 5.32 Å². The van der Waals surface area contributed by atoms with Crippen molar-refractivity contribution in [1.29, 1.82) is 0 Å². The van der Waals surface area contributed by atoms with Gasteiger partial charge in [-0.2, -0.15) is 26.3 Å². The molecule has 174 valence electrons. The Morgan fingerprint density at radius 3 is 1.85 bits per heavy atom. The van der Waals surface area contributed by atoms with Crippen LogP contribution in [0.25, 0.3) is 0 Å². The van der Waals surface area contributed by atoms with E-state index in [9.17, 15) is 50.6 Å². The summed E-state index contributed by atoms with van der Waals surface area (Å²) in [5.74, 6) is -5.67. The maximum atomic E-state index is 14.3. The number of amides is 1. The van der Waals surface area contributed by atoms with Crippen LogP contribution in [0, 0.1) is 0 Å². The highest BCUT2D eigenvalue weighted by atomic mass is 19.4. The van der Waals surface area contributed by atoms with Crippen LogP contribution in [0.5, 0.6) is 0 Å². The number of rotatable bonds is 4. The van der Waals surface area contributed by atoms with E-state index in [0.717, 1.165) is 7.05 Å². The molecule has 0 bridgehead atoms. The predicted molar refractivity (Wildman–Crippen MR) is 95.9 cm³/mol. The number of hydrogen-bond donors (Lipinski definition) is 2. The van der Waals surface area contributed by atoms with Gasteiger partial charge in [0.25, 0.3) is 5.91 Å². The molecule has 0 saturated heterocycles. The highest BCUT2D eigenvalue weighted by molar-refractivity contribution is 6.14. The van der Waals surface area contributed by atoms with Crippen molar-refractivity contribution in [3.8, 4) is 0 Å². The number of cyclic esters (lactones) is 2. The molecule has 3 rings (SSSR count). The van der Waals surface area contributed by atoms with Crippen LogP contribution >= 0.6 is 0 Å². The molecule has 0 aliphatic carbocycles. The van der Waals surface area contributed by atoms with Gasteiger partial charge in [-0.25, -0.2) is 14.4 Å². The molecule has 0 aromatic heterocycles. The Labute approximate surface area is 179 Å². The smallest absolute Gasteiger partial charge is 0.411 e. The van der Waals surface area contributed by atoms with Gasteiger partial charge in [-0.15, -0.1) is 0 Å². The molecule has 1 amide bonds. The number of benzene rings is 2. The first-order valence-corrected chi connectivity index (χ1v) is 8.81. The largest absolute Gasteiger partial charge is 0.478 e. The van der Waals surface area contributed by atoms with Crippen LogP contribution in [0.3, 0.4) is 0 Å². The predicted octanol–water partition coefficient (Wildman–Crippen LogP) is 3.47. The molecule has 0 spiro atoms. The zero-order valence-corrected chi connectivity index (χ0v) is 16.2. The van der Waals surface area contributed by atoms with E-state index in [1.807, 2.05) is 5.32 Å². The zero-order valence-electron chi connectivity index (χ0n) is 16.2. The van der Waals surface area contributed by atoms with E-state index in [0.29, 0.717) is 18.2 Å². The molecule has 2 N–H and O–H groups in total. The maximum absolute atomic E-state index is 14.3. The van der Waals surface area contributed by atoms with Gasteiger partial charge in [0.2, 0.25) is 5.41 Å². The third-order valence-corrected chi connectivity index (χ3v) is 5.08. The fourth-order valence-corrected chi connectivity index (χ4v) is 3.59. The van der Waals surface area contributed by atoms with Gasteiger partial charge in [-0.1, -0.05) is 12.1 Å². The molecule has 33 heavy (non-hydrogen) atoms. The minimum Gasteiger partial charge on any atom is -0.478 e. The van der Waals surface area contributed by atoms with E-state index in [-0.39, 0.29) is 18.2 Å². The van der Waals surface area contributed by atoms with Crippen molar-refractivity contribution in [1.82, 2.24) is 5.32 Å². The molecular weight excluding hydrogens is 464 g/mol. The highest BCUT2D eigenvalue weighted by Gasteiger charge is 2.72. The Bertz CT molecular complexity index is 1190. The van der Waals surface area contributed by atoms with E-state index in [4.69, 9.17) is 0 Å². The second kappa shape index (κ2) is 7.60. The Hall–Kier alpha value is -3.90. The minimum atomic E-state index is -6.09. The number of carboxylic acids is 1. The normalized spacial score (nSPS) is 14.0. The van der Waals surface area contributed by atoms with Crippen LogP contribution in [0.2, 0.25) is 0 Å². The van der Waals surface area contributed by atoms with Gasteiger partial charge < -0.3 is 15.2 Å². The molecule has 0 atom stereocenters. The van der Waals surface area contributed by atoms with Crippen molar-refractivity contribution < 1.29 is 55.4 Å². The molecule has 1 aliphatic heterocycles. The lowest BCUT2D eigenvalue weighted by Gasteiger charge is -2.38. The van der Waals surface area contributed by atoms with Crippen LogP contribution in [-0.4, -0.2) is 48.3 Å². The van der Waals surface area contributed by atoms with Gasteiger partial charge in [0.15, 0.2) is 0 Å². The summed E-state index contributed by atoms with van der Waals surface area (Å²) in [6.45, 7) is 0. The molecule has 1 heterocycles. The molecule has 0 radical (unpaired) electrons. The number of alkyl halides is 6. The lowest BCUT2D eigenvalue weighted by molar-refractivity contribution is -0.288. The number of esters is 2. The van der Waals surface area contributed by atoms with E-state index >= 15 is 0 Å². The molecule has 13 heteroatoms. The summed E-state index contributed by atoms with van der Waals surface area (Å²) in [6.07, 6.45) is -12.2. The number of carbonyl (C=O) groups excluding carboxylic acids is 3. The first kappa shape index (κ1) is 23.8. The number of ether oxygens (including phenoxy) is 1. The van der Waals surface area contributed by atoms with Gasteiger partial charge in [0.1, 0.15) is 0 Å². The molecule has 7 nitrogen and oxygen atoms in total. The van der Waals surface area contributed by atoms with Gasteiger partial charge in [0, 0.05) is 7.05 Å². The number of halogens is 6. The molecule has 0 saturated carbocycles. The van der Waals surface area contributed by atoms with Crippen LogP contribution in [-0.2, 0) is 10.2 Å². The van der Waals surface area contributed by atoms with Crippen molar-refractivity contribution in [2.24, 2.45) is 0 Å². The SMILES string of the molecule is CNC(=O)c1cc(C(c2ccc3c(c2)C(=O)OC3=O)(C(F)(F)F)C(F)(F)F)ccc1C(=O)O. The number of carbonyl (C=O) groups is 4.